The normalized spacial score (nSPS) is 13.9. The predicted molar refractivity (Wildman–Crippen MR) is 121 cm³/mol. The Morgan fingerprint density at radius 3 is 2.22 bits per heavy atom. The lowest BCUT2D eigenvalue weighted by Gasteiger charge is -2.20. The molecule has 7 heteroatoms. The van der Waals surface area contributed by atoms with E-state index in [2.05, 4.69) is 17.4 Å². The average molecular weight is 437 g/mol. The Bertz CT molecular complexity index is 958. The number of amides is 1. The summed E-state index contributed by atoms with van der Waals surface area (Å²) >= 11 is 0. The van der Waals surface area contributed by atoms with Gasteiger partial charge in [0.25, 0.3) is 0 Å². The second kappa shape index (κ2) is 10.7. The van der Waals surface area contributed by atoms with E-state index in [1.807, 2.05) is 43.3 Å². The van der Waals surface area contributed by atoms with Crippen LogP contribution in [-0.4, -0.2) is 42.8 Å². The first-order valence-corrected chi connectivity index (χ1v) is 10.8. The van der Waals surface area contributed by atoms with Gasteiger partial charge in [0.2, 0.25) is 0 Å². The van der Waals surface area contributed by atoms with Gasteiger partial charge in [-0.05, 0) is 42.0 Å². The number of ketones is 1. The van der Waals surface area contributed by atoms with E-state index in [1.54, 1.807) is 6.92 Å². The first-order valence-electron chi connectivity index (χ1n) is 10.8. The monoisotopic (exact) mass is 436 g/mol. The molecule has 0 aromatic heterocycles. The number of benzene rings is 2. The highest BCUT2D eigenvalue weighted by atomic mass is 16.6. The fourth-order valence-corrected chi connectivity index (χ4v) is 3.75. The first kappa shape index (κ1) is 23.2. The number of carbonyl (C=O) groups is 3. The van der Waals surface area contributed by atoms with Crippen molar-refractivity contribution < 1.29 is 23.9 Å². The summed E-state index contributed by atoms with van der Waals surface area (Å²) in [6.45, 7) is 3.75. The van der Waals surface area contributed by atoms with Gasteiger partial charge in [0, 0.05) is 12.3 Å². The van der Waals surface area contributed by atoms with Gasteiger partial charge in [0.1, 0.15) is 12.6 Å². The standard InChI is InChI=1S/C25H28N2O5/c1-3-16(2)32-24(29)23(13-12-17(28)14-26)27-25(30)31-15-22-20-10-6-4-8-18(20)19-9-5-7-11-21(19)22/h4-11,14,16,22-23,26H,3,12-13,15H2,1-2H3,(H,27,30). The van der Waals surface area contributed by atoms with Crippen LogP contribution >= 0.6 is 0 Å². The third-order valence-corrected chi connectivity index (χ3v) is 5.65. The Morgan fingerprint density at radius 1 is 1.06 bits per heavy atom. The summed E-state index contributed by atoms with van der Waals surface area (Å²) in [5, 5.41) is 9.56. The highest BCUT2D eigenvalue weighted by Gasteiger charge is 2.30. The number of ether oxygens (including phenoxy) is 2. The van der Waals surface area contributed by atoms with Gasteiger partial charge in [0.05, 0.1) is 12.3 Å². The van der Waals surface area contributed by atoms with Gasteiger partial charge in [-0.2, -0.15) is 0 Å². The van der Waals surface area contributed by atoms with Crippen LogP contribution in [0.2, 0.25) is 0 Å². The van der Waals surface area contributed by atoms with Crippen molar-refractivity contribution in [3.8, 4) is 11.1 Å². The zero-order chi connectivity index (χ0) is 23.1. The van der Waals surface area contributed by atoms with Crippen LogP contribution in [0.1, 0.15) is 50.2 Å². The van der Waals surface area contributed by atoms with Gasteiger partial charge in [-0.15, -0.1) is 0 Å². The summed E-state index contributed by atoms with van der Waals surface area (Å²) in [4.78, 5) is 36.5. The van der Waals surface area contributed by atoms with Crippen molar-refractivity contribution in [2.75, 3.05) is 6.61 Å². The minimum atomic E-state index is -1.02. The molecular weight excluding hydrogens is 408 g/mol. The maximum atomic E-state index is 12.5. The average Bonchev–Trinajstić information content (AvgIpc) is 3.13. The highest BCUT2D eigenvalue weighted by Crippen LogP contribution is 2.44. The topological polar surface area (TPSA) is 106 Å². The number of hydrogen-bond donors (Lipinski definition) is 2. The van der Waals surface area contributed by atoms with Crippen molar-refractivity contribution in [2.24, 2.45) is 0 Å². The summed E-state index contributed by atoms with van der Waals surface area (Å²) in [5.74, 6) is -1.15. The van der Waals surface area contributed by atoms with Crippen LogP contribution in [0, 0.1) is 5.41 Å². The van der Waals surface area contributed by atoms with E-state index < -0.39 is 23.9 Å². The fraction of sp³-hybridized carbons (Fsp3) is 0.360. The molecule has 2 N–H and O–H groups in total. The number of nitrogens with one attached hydrogen (secondary N) is 2. The molecule has 0 saturated carbocycles. The van der Waals surface area contributed by atoms with E-state index in [0.29, 0.717) is 12.6 Å². The van der Waals surface area contributed by atoms with E-state index in [-0.39, 0.29) is 31.5 Å². The molecule has 2 aromatic rings. The number of alkyl carbamates (subject to hydrolysis) is 1. The molecule has 32 heavy (non-hydrogen) atoms. The zero-order valence-corrected chi connectivity index (χ0v) is 18.3. The number of Topliss-reactive ketones (excluding diaryl/α,β-unsaturated/α-hetero) is 1. The molecule has 2 unspecified atom stereocenters. The Kier molecular flexibility index (Phi) is 7.76. The SMILES string of the molecule is CCC(C)OC(=O)C(CCC(=O)C=N)NC(=O)OCC1c2ccccc2-c2ccccc21. The largest absolute Gasteiger partial charge is 0.461 e. The third-order valence-electron chi connectivity index (χ3n) is 5.65. The van der Waals surface area contributed by atoms with Crippen LogP contribution in [-0.2, 0) is 19.1 Å². The van der Waals surface area contributed by atoms with Crippen molar-refractivity contribution in [1.29, 1.82) is 5.41 Å². The summed E-state index contributed by atoms with van der Waals surface area (Å²) in [5.41, 5.74) is 4.42. The van der Waals surface area contributed by atoms with E-state index in [0.717, 1.165) is 22.3 Å². The molecule has 168 valence electrons. The molecule has 3 rings (SSSR count). The molecule has 2 aromatic carbocycles. The number of rotatable bonds is 10. The molecule has 0 spiro atoms. The van der Waals surface area contributed by atoms with Gasteiger partial charge in [-0.3, -0.25) is 4.79 Å². The molecule has 0 fully saturated rings. The number of esters is 1. The van der Waals surface area contributed by atoms with Gasteiger partial charge < -0.3 is 20.2 Å². The molecule has 1 aliphatic carbocycles. The molecule has 0 bridgehead atoms. The molecule has 1 amide bonds. The molecule has 0 aliphatic heterocycles. The third kappa shape index (κ3) is 5.41. The van der Waals surface area contributed by atoms with Crippen molar-refractivity contribution in [2.45, 2.75) is 51.2 Å². The lowest BCUT2D eigenvalue weighted by atomic mass is 9.98. The Morgan fingerprint density at radius 2 is 1.66 bits per heavy atom. The van der Waals surface area contributed by atoms with Crippen LogP contribution in [0.25, 0.3) is 11.1 Å². The highest BCUT2D eigenvalue weighted by molar-refractivity contribution is 6.26. The summed E-state index contributed by atoms with van der Waals surface area (Å²) in [7, 11) is 0. The molecule has 2 atom stereocenters. The smallest absolute Gasteiger partial charge is 0.407 e. The van der Waals surface area contributed by atoms with Gasteiger partial charge in [-0.25, -0.2) is 9.59 Å². The summed E-state index contributed by atoms with van der Waals surface area (Å²) in [6, 6.07) is 15.0. The molecule has 0 heterocycles. The van der Waals surface area contributed by atoms with Gasteiger partial charge >= 0.3 is 12.1 Å². The molecular formula is C25H28N2O5. The van der Waals surface area contributed by atoms with Gasteiger partial charge in [-0.1, -0.05) is 55.5 Å². The maximum absolute atomic E-state index is 12.5. The van der Waals surface area contributed by atoms with E-state index >= 15 is 0 Å². The minimum absolute atomic E-state index is 0.0354. The molecule has 0 saturated heterocycles. The number of carbonyl (C=O) groups excluding carboxylic acids is 3. The van der Waals surface area contributed by atoms with E-state index in [4.69, 9.17) is 14.9 Å². The number of fused-ring (bicyclic) bond motifs is 3. The minimum Gasteiger partial charge on any atom is -0.461 e. The second-order valence-corrected chi connectivity index (χ2v) is 7.83. The molecule has 0 radical (unpaired) electrons. The fourth-order valence-electron chi connectivity index (χ4n) is 3.75. The van der Waals surface area contributed by atoms with Crippen LogP contribution in [0.4, 0.5) is 4.79 Å². The van der Waals surface area contributed by atoms with Crippen LogP contribution < -0.4 is 5.32 Å². The number of hydrogen-bond acceptors (Lipinski definition) is 6. The van der Waals surface area contributed by atoms with Crippen LogP contribution in [0.3, 0.4) is 0 Å². The summed E-state index contributed by atoms with van der Waals surface area (Å²) in [6.07, 6.45) is 0.252. The second-order valence-electron chi connectivity index (χ2n) is 7.83. The van der Waals surface area contributed by atoms with E-state index in [9.17, 15) is 14.4 Å². The lowest BCUT2D eigenvalue weighted by Crippen LogP contribution is -2.43. The van der Waals surface area contributed by atoms with Crippen LogP contribution in [0.15, 0.2) is 48.5 Å². The van der Waals surface area contributed by atoms with Gasteiger partial charge in [0.15, 0.2) is 5.78 Å². The molecule has 7 nitrogen and oxygen atoms in total. The van der Waals surface area contributed by atoms with E-state index in [1.165, 1.54) is 0 Å². The van der Waals surface area contributed by atoms with Crippen molar-refractivity contribution >= 4 is 24.1 Å². The Hall–Kier alpha value is -3.48. The van der Waals surface area contributed by atoms with Crippen molar-refractivity contribution in [3.05, 3.63) is 59.7 Å². The Labute approximate surface area is 187 Å². The Balaban J connectivity index is 1.66. The predicted octanol–water partition coefficient (Wildman–Crippen LogP) is 4.23. The van der Waals surface area contributed by atoms with Crippen LogP contribution in [0.5, 0.6) is 0 Å². The first-order chi connectivity index (χ1) is 15.4. The van der Waals surface area contributed by atoms with Crippen molar-refractivity contribution in [3.63, 3.8) is 0 Å². The quantitative estimate of drug-likeness (QED) is 0.428. The summed E-state index contributed by atoms with van der Waals surface area (Å²) < 4.78 is 10.8. The maximum Gasteiger partial charge on any atom is 0.407 e. The van der Waals surface area contributed by atoms with Crippen molar-refractivity contribution in [1.82, 2.24) is 5.32 Å². The lowest BCUT2D eigenvalue weighted by molar-refractivity contribution is -0.151. The zero-order valence-electron chi connectivity index (χ0n) is 18.3. The molecule has 1 aliphatic rings.